The largest absolute Gasteiger partial charge is 0.351 e. The van der Waals surface area contributed by atoms with Crippen LogP contribution in [0.3, 0.4) is 0 Å². The van der Waals surface area contributed by atoms with Crippen molar-refractivity contribution < 1.29 is 9.18 Å². The van der Waals surface area contributed by atoms with Crippen LogP contribution in [-0.2, 0) is 7.05 Å². The van der Waals surface area contributed by atoms with Gasteiger partial charge >= 0.3 is 0 Å². The summed E-state index contributed by atoms with van der Waals surface area (Å²) in [5, 5.41) is 9.30. The van der Waals surface area contributed by atoms with E-state index >= 15 is 0 Å². The Hall–Kier alpha value is -2.45. The van der Waals surface area contributed by atoms with Crippen LogP contribution in [0.5, 0.6) is 0 Å². The first-order valence-corrected chi connectivity index (χ1v) is 10.4. The molecule has 0 spiro atoms. The molecule has 2 aromatic heterocycles. The second-order valence-electron chi connectivity index (χ2n) is 7.35. The number of ketones is 1. The third kappa shape index (κ3) is 4.28. The van der Waals surface area contributed by atoms with Gasteiger partial charge in [-0.3, -0.25) is 14.3 Å². The number of carbonyl (C=O) groups is 1. The maximum Gasteiger partial charge on any atom is 0.196 e. The lowest BCUT2D eigenvalue weighted by Crippen LogP contribution is -2.20. The van der Waals surface area contributed by atoms with Crippen molar-refractivity contribution in [2.75, 3.05) is 19.8 Å². The number of aryl methyl sites for hydroxylation is 1. The first kappa shape index (κ1) is 21.3. The van der Waals surface area contributed by atoms with Gasteiger partial charge in [-0.05, 0) is 65.2 Å². The number of thioether (sulfide) groups is 1. The van der Waals surface area contributed by atoms with Crippen LogP contribution >= 0.6 is 11.8 Å². The molecule has 1 aromatic carbocycles. The highest BCUT2D eigenvalue weighted by Gasteiger charge is 2.22. The molecule has 1 atom stereocenters. The van der Waals surface area contributed by atoms with E-state index in [1.165, 1.54) is 23.9 Å². The number of benzene rings is 1. The standard InChI is InChI=1S/C21H26FN5OS/c1-13-11-18(14(2)26(13)6)19(28)12-29-21-24-23-20(15(3)25(4)5)27(21)17-9-7-16(22)8-10-17/h7-11,15H,12H2,1-6H3/t15-/m0/s1. The molecule has 3 rings (SSSR count). The Labute approximate surface area is 174 Å². The molecule has 0 saturated heterocycles. The van der Waals surface area contributed by atoms with Crippen molar-refractivity contribution in [1.82, 2.24) is 24.2 Å². The Bertz CT molecular complexity index is 1020. The van der Waals surface area contributed by atoms with Crippen molar-refractivity contribution in [3.8, 4) is 5.69 Å². The predicted octanol–water partition coefficient (Wildman–Crippen LogP) is 3.96. The van der Waals surface area contributed by atoms with Crippen molar-refractivity contribution >= 4 is 17.5 Å². The summed E-state index contributed by atoms with van der Waals surface area (Å²) in [6.07, 6.45) is 0. The van der Waals surface area contributed by atoms with E-state index in [9.17, 15) is 9.18 Å². The number of hydrogen-bond acceptors (Lipinski definition) is 5. The summed E-state index contributed by atoms with van der Waals surface area (Å²) < 4.78 is 17.3. The predicted molar refractivity (Wildman–Crippen MR) is 113 cm³/mol. The highest BCUT2D eigenvalue weighted by molar-refractivity contribution is 7.99. The molecule has 0 fully saturated rings. The van der Waals surface area contributed by atoms with Gasteiger partial charge < -0.3 is 4.57 Å². The van der Waals surface area contributed by atoms with Crippen molar-refractivity contribution in [3.05, 3.63) is 58.9 Å². The van der Waals surface area contributed by atoms with Gasteiger partial charge in [-0.1, -0.05) is 11.8 Å². The van der Waals surface area contributed by atoms with Gasteiger partial charge in [0.05, 0.1) is 11.8 Å². The van der Waals surface area contributed by atoms with E-state index in [2.05, 4.69) is 10.2 Å². The minimum atomic E-state index is -0.302. The van der Waals surface area contributed by atoms with E-state index in [0.717, 1.165) is 28.5 Å². The fourth-order valence-electron chi connectivity index (χ4n) is 3.05. The second-order valence-corrected chi connectivity index (χ2v) is 8.29. The van der Waals surface area contributed by atoms with Crippen molar-refractivity contribution in [1.29, 1.82) is 0 Å². The number of hydrogen-bond donors (Lipinski definition) is 0. The van der Waals surface area contributed by atoms with Crippen LogP contribution in [0.2, 0.25) is 0 Å². The molecule has 0 aliphatic rings. The molecule has 0 bridgehead atoms. The van der Waals surface area contributed by atoms with Crippen molar-refractivity contribution in [3.63, 3.8) is 0 Å². The lowest BCUT2D eigenvalue weighted by Gasteiger charge is -2.20. The Morgan fingerprint density at radius 2 is 1.86 bits per heavy atom. The van der Waals surface area contributed by atoms with Crippen LogP contribution in [0.15, 0.2) is 35.5 Å². The summed E-state index contributed by atoms with van der Waals surface area (Å²) in [4.78, 5) is 14.8. The summed E-state index contributed by atoms with van der Waals surface area (Å²) in [6, 6.07) is 8.13. The van der Waals surface area contributed by atoms with Gasteiger partial charge in [0.25, 0.3) is 0 Å². The quantitative estimate of drug-likeness (QED) is 0.432. The molecule has 0 radical (unpaired) electrons. The van der Waals surface area contributed by atoms with Gasteiger partial charge in [-0.15, -0.1) is 10.2 Å². The Morgan fingerprint density at radius 1 is 1.21 bits per heavy atom. The van der Waals surface area contributed by atoms with E-state index in [1.54, 1.807) is 12.1 Å². The van der Waals surface area contributed by atoms with Gasteiger partial charge in [0.2, 0.25) is 0 Å². The average molecular weight is 416 g/mol. The minimum Gasteiger partial charge on any atom is -0.351 e. The molecule has 2 heterocycles. The monoisotopic (exact) mass is 415 g/mol. The average Bonchev–Trinajstić information content (AvgIpc) is 3.22. The third-order valence-electron chi connectivity index (χ3n) is 5.30. The van der Waals surface area contributed by atoms with E-state index in [1.807, 2.05) is 62.0 Å². The zero-order valence-corrected chi connectivity index (χ0v) is 18.4. The van der Waals surface area contributed by atoms with Gasteiger partial charge in [-0.25, -0.2) is 4.39 Å². The van der Waals surface area contributed by atoms with Crippen LogP contribution in [-0.4, -0.2) is 49.9 Å². The zero-order chi connectivity index (χ0) is 21.3. The molecule has 0 unspecified atom stereocenters. The van der Waals surface area contributed by atoms with E-state index in [4.69, 9.17) is 0 Å². The smallest absolute Gasteiger partial charge is 0.196 e. The van der Waals surface area contributed by atoms with Crippen LogP contribution in [0, 0.1) is 19.7 Å². The molecule has 8 heteroatoms. The molecule has 3 aromatic rings. The minimum absolute atomic E-state index is 0.00313. The van der Waals surface area contributed by atoms with Crippen molar-refractivity contribution in [2.45, 2.75) is 32.0 Å². The maximum absolute atomic E-state index is 13.4. The second kappa shape index (κ2) is 8.51. The van der Waals surface area contributed by atoms with Crippen molar-refractivity contribution in [2.24, 2.45) is 7.05 Å². The lowest BCUT2D eigenvalue weighted by atomic mass is 10.2. The van der Waals surface area contributed by atoms with E-state index in [0.29, 0.717) is 5.16 Å². The molecular weight excluding hydrogens is 389 g/mol. The Balaban J connectivity index is 1.91. The summed E-state index contributed by atoms with van der Waals surface area (Å²) in [6.45, 7) is 5.96. The van der Waals surface area contributed by atoms with Crippen LogP contribution in [0.4, 0.5) is 4.39 Å². The number of halogens is 1. The molecular formula is C21H26FN5OS. The lowest BCUT2D eigenvalue weighted by molar-refractivity contribution is 0.102. The van der Waals surface area contributed by atoms with Gasteiger partial charge in [0.1, 0.15) is 5.82 Å². The number of carbonyl (C=O) groups excluding carboxylic acids is 1. The first-order valence-electron chi connectivity index (χ1n) is 9.37. The van der Waals surface area contributed by atoms with Crippen LogP contribution < -0.4 is 0 Å². The molecule has 0 aliphatic heterocycles. The highest BCUT2D eigenvalue weighted by atomic mass is 32.2. The SMILES string of the molecule is Cc1cc(C(=O)CSc2nnc([C@H](C)N(C)C)n2-c2ccc(F)cc2)c(C)n1C. The zero-order valence-electron chi connectivity index (χ0n) is 17.6. The summed E-state index contributed by atoms with van der Waals surface area (Å²) >= 11 is 1.34. The normalized spacial score (nSPS) is 12.6. The molecule has 6 nitrogen and oxygen atoms in total. The van der Waals surface area contributed by atoms with Gasteiger partial charge in [0, 0.05) is 29.7 Å². The van der Waals surface area contributed by atoms with Gasteiger partial charge in [-0.2, -0.15) is 0 Å². The maximum atomic E-state index is 13.4. The third-order valence-corrected chi connectivity index (χ3v) is 6.23. The number of nitrogens with zero attached hydrogens (tertiary/aromatic N) is 5. The fraction of sp³-hybridized carbons (Fsp3) is 0.381. The number of rotatable bonds is 7. The number of Topliss-reactive ketones (excluding diaryl/α,β-unsaturated/α-hetero) is 1. The fourth-order valence-corrected chi connectivity index (χ4v) is 3.90. The molecule has 154 valence electrons. The van der Waals surface area contributed by atoms with E-state index in [-0.39, 0.29) is 23.4 Å². The molecule has 0 amide bonds. The topological polar surface area (TPSA) is 56.0 Å². The van der Waals surface area contributed by atoms with Gasteiger partial charge in [0.15, 0.2) is 16.8 Å². The molecule has 0 aliphatic carbocycles. The van der Waals surface area contributed by atoms with Crippen LogP contribution in [0.25, 0.3) is 5.69 Å². The highest BCUT2D eigenvalue weighted by Crippen LogP contribution is 2.28. The van der Waals surface area contributed by atoms with E-state index < -0.39 is 0 Å². The summed E-state index contributed by atoms with van der Waals surface area (Å²) in [5.74, 6) is 0.735. The molecule has 0 saturated carbocycles. The summed E-state index contributed by atoms with van der Waals surface area (Å²) in [5.41, 5.74) is 3.50. The molecule has 0 N–H and O–H groups in total. The summed E-state index contributed by atoms with van der Waals surface area (Å²) in [7, 11) is 5.88. The Morgan fingerprint density at radius 3 is 2.41 bits per heavy atom. The number of aromatic nitrogens is 4. The Kier molecular flexibility index (Phi) is 6.24. The molecule has 29 heavy (non-hydrogen) atoms. The van der Waals surface area contributed by atoms with Crippen LogP contribution in [0.1, 0.15) is 40.5 Å². The first-order chi connectivity index (χ1) is 13.7.